The quantitative estimate of drug-likeness (QED) is 0.671. The third-order valence-corrected chi connectivity index (χ3v) is 7.61. The van der Waals surface area contributed by atoms with Crippen LogP contribution in [0.15, 0.2) is 12.4 Å². The molecule has 0 radical (unpaired) electrons. The summed E-state index contributed by atoms with van der Waals surface area (Å²) in [6, 6.07) is 0. The van der Waals surface area contributed by atoms with Gasteiger partial charge in [0.15, 0.2) is 0 Å². The van der Waals surface area contributed by atoms with Crippen LogP contribution in [0.3, 0.4) is 0 Å². The number of rotatable bonds is 7. The lowest BCUT2D eigenvalue weighted by Crippen LogP contribution is -2.50. The Morgan fingerprint density at radius 2 is 1.91 bits per heavy atom. The van der Waals surface area contributed by atoms with Crippen LogP contribution in [0.5, 0.6) is 5.88 Å². The number of aliphatic hydroxyl groups excluding tert-OH is 1. The first-order valence-corrected chi connectivity index (χ1v) is 12.5. The smallest absolute Gasteiger partial charge is 0.224 e. The van der Waals surface area contributed by atoms with Crippen molar-refractivity contribution in [1.29, 1.82) is 0 Å². The molecule has 4 rings (SSSR count). The summed E-state index contributed by atoms with van der Waals surface area (Å²) in [5, 5.41) is 10.9. The molecule has 7 nitrogen and oxygen atoms in total. The van der Waals surface area contributed by atoms with Crippen LogP contribution in [0.2, 0.25) is 0 Å². The van der Waals surface area contributed by atoms with Gasteiger partial charge < -0.3 is 19.5 Å². The SMILES string of the molecule is COC[C@H](C)Cc1ncc2c(O[C@@H]3CCN(C)C(C)(C)C3)ncc(C3CCC(O)CC3)c2n1. The molecule has 1 aliphatic carbocycles. The summed E-state index contributed by atoms with van der Waals surface area (Å²) in [6.07, 6.45) is 10.1. The van der Waals surface area contributed by atoms with E-state index in [1.807, 2.05) is 12.4 Å². The number of likely N-dealkylation sites (tertiary alicyclic amines) is 1. The maximum absolute atomic E-state index is 9.99. The second kappa shape index (κ2) is 10.2. The van der Waals surface area contributed by atoms with Crippen LogP contribution in [-0.2, 0) is 11.2 Å². The third-order valence-electron chi connectivity index (χ3n) is 7.61. The number of aliphatic hydroxyl groups is 1. The molecule has 2 atom stereocenters. The number of aromatic nitrogens is 3. The number of piperidine rings is 1. The average Bonchev–Trinajstić information content (AvgIpc) is 2.77. The van der Waals surface area contributed by atoms with Gasteiger partial charge in [-0.2, -0.15) is 0 Å². The number of fused-ring (bicyclic) bond motifs is 1. The van der Waals surface area contributed by atoms with Crippen molar-refractivity contribution in [2.45, 2.75) is 89.4 Å². The molecule has 2 aromatic heterocycles. The van der Waals surface area contributed by atoms with Crippen molar-refractivity contribution >= 4 is 10.9 Å². The van der Waals surface area contributed by atoms with Gasteiger partial charge in [-0.15, -0.1) is 0 Å². The topological polar surface area (TPSA) is 80.6 Å². The predicted octanol–water partition coefficient (Wildman–Crippen LogP) is 4.12. The summed E-state index contributed by atoms with van der Waals surface area (Å²) in [6.45, 7) is 8.39. The van der Waals surface area contributed by atoms with Crippen molar-refractivity contribution in [2.75, 3.05) is 27.3 Å². The lowest BCUT2D eigenvalue weighted by Gasteiger charge is -2.43. The molecule has 0 aromatic carbocycles. The fraction of sp³-hybridized carbons (Fsp3) is 0.731. The molecule has 1 saturated carbocycles. The molecule has 0 unspecified atom stereocenters. The van der Waals surface area contributed by atoms with Gasteiger partial charge in [0.2, 0.25) is 5.88 Å². The lowest BCUT2D eigenvalue weighted by molar-refractivity contribution is 0.0247. The summed E-state index contributed by atoms with van der Waals surface area (Å²) < 4.78 is 11.8. The van der Waals surface area contributed by atoms with Crippen LogP contribution in [0, 0.1) is 5.92 Å². The number of ether oxygens (including phenoxy) is 2. The van der Waals surface area contributed by atoms with E-state index in [1.165, 1.54) is 0 Å². The summed E-state index contributed by atoms with van der Waals surface area (Å²) >= 11 is 0. The zero-order valence-corrected chi connectivity index (χ0v) is 20.9. The molecule has 7 heteroatoms. The van der Waals surface area contributed by atoms with E-state index in [9.17, 15) is 5.11 Å². The van der Waals surface area contributed by atoms with Crippen LogP contribution < -0.4 is 4.74 Å². The molecule has 3 heterocycles. The van der Waals surface area contributed by atoms with Crippen molar-refractivity contribution < 1.29 is 14.6 Å². The normalized spacial score (nSPS) is 26.9. The van der Waals surface area contributed by atoms with Gasteiger partial charge in [0.25, 0.3) is 0 Å². The first kappa shape index (κ1) is 24.3. The Balaban J connectivity index is 1.66. The summed E-state index contributed by atoms with van der Waals surface area (Å²) in [5.41, 5.74) is 2.22. The van der Waals surface area contributed by atoms with Gasteiger partial charge in [0.05, 0.1) is 17.0 Å². The Kier molecular flexibility index (Phi) is 7.51. The third kappa shape index (κ3) is 5.64. The van der Waals surface area contributed by atoms with Crippen LogP contribution in [-0.4, -0.2) is 70.0 Å². The molecule has 33 heavy (non-hydrogen) atoms. The molecule has 182 valence electrons. The highest BCUT2D eigenvalue weighted by atomic mass is 16.5. The molecule has 2 aromatic rings. The van der Waals surface area contributed by atoms with Crippen molar-refractivity contribution in [3.05, 3.63) is 23.8 Å². The highest BCUT2D eigenvalue weighted by Crippen LogP contribution is 2.38. The van der Waals surface area contributed by atoms with E-state index in [1.54, 1.807) is 7.11 Å². The molecule has 2 fully saturated rings. The van der Waals surface area contributed by atoms with Crippen LogP contribution in [0.4, 0.5) is 0 Å². The van der Waals surface area contributed by atoms with E-state index < -0.39 is 0 Å². The number of nitrogens with zero attached hydrogens (tertiary/aromatic N) is 4. The fourth-order valence-electron chi connectivity index (χ4n) is 5.30. The molecule has 0 amide bonds. The number of hydrogen-bond donors (Lipinski definition) is 1. The number of pyridine rings is 1. The van der Waals surface area contributed by atoms with Gasteiger partial charge in [-0.3, -0.25) is 0 Å². The molecule has 0 spiro atoms. The first-order valence-electron chi connectivity index (χ1n) is 12.5. The molecule has 1 N–H and O–H groups in total. The monoisotopic (exact) mass is 456 g/mol. The summed E-state index contributed by atoms with van der Waals surface area (Å²) in [7, 11) is 3.91. The Hall–Kier alpha value is -1.83. The van der Waals surface area contributed by atoms with E-state index in [-0.39, 0.29) is 17.7 Å². The molecule has 0 bridgehead atoms. The second-order valence-corrected chi connectivity index (χ2v) is 10.8. The minimum absolute atomic E-state index is 0.1000. The Morgan fingerprint density at radius 1 is 1.15 bits per heavy atom. The Morgan fingerprint density at radius 3 is 2.61 bits per heavy atom. The maximum atomic E-state index is 9.99. The zero-order chi connectivity index (χ0) is 23.6. The van der Waals surface area contributed by atoms with Gasteiger partial charge >= 0.3 is 0 Å². The van der Waals surface area contributed by atoms with Crippen molar-refractivity contribution in [2.24, 2.45) is 5.92 Å². The fourth-order valence-corrected chi connectivity index (χ4v) is 5.30. The summed E-state index contributed by atoms with van der Waals surface area (Å²) in [5.74, 6) is 2.19. The summed E-state index contributed by atoms with van der Waals surface area (Å²) in [4.78, 5) is 16.9. The van der Waals surface area contributed by atoms with E-state index in [0.29, 0.717) is 24.3 Å². The van der Waals surface area contributed by atoms with Gasteiger partial charge in [0.1, 0.15) is 11.9 Å². The molecule has 2 aliphatic rings. The number of hydrogen-bond acceptors (Lipinski definition) is 7. The average molecular weight is 457 g/mol. The van der Waals surface area contributed by atoms with E-state index in [2.05, 4.69) is 37.7 Å². The van der Waals surface area contributed by atoms with Gasteiger partial charge in [-0.05, 0) is 64.8 Å². The molecular weight excluding hydrogens is 416 g/mol. The van der Waals surface area contributed by atoms with Crippen molar-refractivity contribution in [3.8, 4) is 5.88 Å². The molecule has 1 aliphatic heterocycles. The van der Waals surface area contributed by atoms with Gasteiger partial charge in [-0.25, -0.2) is 15.0 Å². The second-order valence-electron chi connectivity index (χ2n) is 10.8. The largest absolute Gasteiger partial charge is 0.474 e. The predicted molar refractivity (Wildman–Crippen MR) is 130 cm³/mol. The van der Waals surface area contributed by atoms with Crippen LogP contribution >= 0.6 is 0 Å². The van der Waals surface area contributed by atoms with Crippen LogP contribution in [0.1, 0.15) is 76.6 Å². The Bertz CT molecular complexity index is 943. The highest BCUT2D eigenvalue weighted by molar-refractivity contribution is 5.85. The lowest BCUT2D eigenvalue weighted by atomic mass is 9.82. The zero-order valence-electron chi connectivity index (χ0n) is 20.9. The minimum atomic E-state index is -0.184. The van der Waals surface area contributed by atoms with Gasteiger partial charge in [-0.1, -0.05) is 6.92 Å². The van der Waals surface area contributed by atoms with Crippen molar-refractivity contribution in [3.63, 3.8) is 0 Å². The maximum Gasteiger partial charge on any atom is 0.224 e. The number of methoxy groups -OCH3 is 1. The molecule has 1 saturated heterocycles. The first-order chi connectivity index (χ1) is 15.8. The van der Waals surface area contributed by atoms with Crippen LogP contribution in [0.25, 0.3) is 10.9 Å². The Labute approximate surface area is 197 Å². The minimum Gasteiger partial charge on any atom is -0.474 e. The standard InChI is InChI=1S/C26H40N4O3/c1-17(16-32-5)12-23-27-15-22-24(29-23)21(18-6-8-19(31)9-7-18)14-28-25(22)33-20-10-11-30(4)26(2,3)13-20/h14-15,17-20,31H,6-13,16H2,1-5H3/t17-,18?,19?,20-/m1/s1. The van der Waals surface area contributed by atoms with Gasteiger partial charge in [0, 0.05) is 56.6 Å². The van der Waals surface area contributed by atoms with Crippen molar-refractivity contribution in [1.82, 2.24) is 19.9 Å². The van der Waals surface area contributed by atoms with E-state index >= 15 is 0 Å². The highest BCUT2D eigenvalue weighted by Gasteiger charge is 2.34. The van der Waals surface area contributed by atoms with E-state index in [0.717, 1.165) is 73.8 Å². The molecular formula is C26H40N4O3. The van der Waals surface area contributed by atoms with E-state index in [4.69, 9.17) is 19.4 Å².